The molecular weight excluding hydrogens is 271 g/mol. The minimum absolute atomic E-state index is 0.314. The van der Waals surface area contributed by atoms with Gasteiger partial charge in [0.05, 0.1) is 13.2 Å². The number of carbonyl (C=O) groups excluding carboxylic acids is 1. The second kappa shape index (κ2) is 7.54. The third-order valence-electron chi connectivity index (χ3n) is 1.20. The van der Waals surface area contributed by atoms with Gasteiger partial charge in [0.25, 0.3) is 0 Å². The molecule has 4 heteroatoms. The van der Waals surface area contributed by atoms with Crippen LogP contribution in [-0.4, -0.2) is 19.2 Å². The van der Waals surface area contributed by atoms with E-state index in [2.05, 4.69) is 6.58 Å². The molecule has 0 saturated carbocycles. The summed E-state index contributed by atoms with van der Waals surface area (Å²) in [6.07, 6.45) is 1.74. The number of unbranched alkanes of at least 4 members (excludes halogenated alkanes) is 1. The van der Waals surface area contributed by atoms with Crippen LogP contribution in [0, 0.1) is 0 Å². The van der Waals surface area contributed by atoms with Gasteiger partial charge in [-0.05, 0) is 19.8 Å². The molecule has 0 heterocycles. The minimum Gasteiger partial charge on any atom is -0.462 e. The zero-order valence-corrected chi connectivity index (χ0v) is 9.30. The summed E-state index contributed by atoms with van der Waals surface area (Å²) in [5.74, 6) is -0.314. The van der Waals surface area contributed by atoms with Gasteiger partial charge in [-0.25, -0.2) is 4.79 Å². The number of halogens is 1. The summed E-state index contributed by atoms with van der Waals surface area (Å²) in [5, 5.41) is 0. The maximum Gasteiger partial charge on any atom is 0.333 e. The Morgan fingerprint density at radius 1 is 1.42 bits per heavy atom. The van der Waals surface area contributed by atoms with Gasteiger partial charge in [-0.15, -0.1) is 0 Å². The molecule has 0 N–H and O–H groups in total. The number of hydrogen-bond acceptors (Lipinski definition) is 3. The fourth-order valence-corrected chi connectivity index (χ4v) is 0.858. The van der Waals surface area contributed by atoms with Gasteiger partial charge in [0.15, 0.2) is 0 Å². The highest BCUT2D eigenvalue weighted by Crippen LogP contribution is 1.97. The molecule has 0 amide bonds. The van der Waals surface area contributed by atoms with Crippen LogP contribution in [0.2, 0.25) is 0 Å². The summed E-state index contributed by atoms with van der Waals surface area (Å²) in [6.45, 7) is 6.25. The SMILES string of the molecule is C=C(C)C(=O)OCCCCOI. The van der Waals surface area contributed by atoms with Crippen LogP contribution >= 0.6 is 23.0 Å². The lowest BCUT2D eigenvalue weighted by molar-refractivity contribution is -0.139. The van der Waals surface area contributed by atoms with E-state index in [9.17, 15) is 4.79 Å². The van der Waals surface area contributed by atoms with Crippen LogP contribution in [0.5, 0.6) is 0 Å². The Kier molecular flexibility index (Phi) is 7.48. The van der Waals surface area contributed by atoms with Gasteiger partial charge in [0.1, 0.15) is 23.0 Å². The Bertz CT molecular complexity index is 156. The second-order valence-electron chi connectivity index (χ2n) is 2.44. The number of rotatable bonds is 6. The van der Waals surface area contributed by atoms with E-state index in [1.165, 1.54) is 0 Å². The van der Waals surface area contributed by atoms with E-state index in [1.807, 2.05) is 23.0 Å². The molecule has 3 nitrogen and oxygen atoms in total. The van der Waals surface area contributed by atoms with Gasteiger partial charge in [0.2, 0.25) is 0 Å². The fraction of sp³-hybridized carbons (Fsp3) is 0.625. The standard InChI is InChI=1S/C8H13IO3/c1-7(2)8(10)11-5-3-4-6-12-9/h1,3-6H2,2H3. The molecule has 0 saturated heterocycles. The zero-order chi connectivity index (χ0) is 9.40. The normalized spacial score (nSPS) is 9.50. The first-order valence-electron chi connectivity index (χ1n) is 3.74. The molecule has 0 atom stereocenters. The summed E-state index contributed by atoms with van der Waals surface area (Å²) in [5.41, 5.74) is 0.445. The molecule has 0 spiro atoms. The average molecular weight is 284 g/mol. The van der Waals surface area contributed by atoms with Crippen molar-refractivity contribution in [3.05, 3.63) is 12.2 Å². The second-order valence-corrected chi connectivity index (χ2v) is 3.06. The summed E-state index contributed by atoms with van der Waals surface area (Å²) < 4.78 is 9.66. The van der Waals surface area contributed by atoms with Gasteiger partial charge in [-0.3, -0.25) is 0 Å². The summed E-state index contributed by atoms with van der Waals surface area (Å²) in [7, 11) is 0. The number of esters is 1. The Morgan fingerprint density at radius 2 is 2.00 bits per heavy atom. The van der Waals surface area contributed by atoms with Crippen molar-refractivity contribution in [2.75, 3.05) is 13.2 Å². The van der Waals surface area contributed by atoms with E-state index in [0.29, 0.717) is 18.8 Å². The van der Waals surface area contributed by atoms with E-state index < -0.39 is 0 Å². The van der Waals surface area contributed by atoms with Crippen LogP contribution in [0.4, 0.5) is 0 Å². The van der Waals surface area contributed by atoms with Gasteiger partial charge < -0.3 is 7.80 Å². The highest BCUT2D eigenvalue weighted by Gasteiger charge is 2.01. The lowest BCUT2D eigenvalue weighted by Gasteiger charge is -2.02. The molecule has 0 aromatic heterocycles. The largest absolute Gasteiger partial charge is 0.462 e. The molecule has 0 unspecified atom stereocenters. The highest BCUT2D eigenvalue weighted by molar-refractivity contribution is 14.1. The predicted octanol–water partition coefficient (Wildman–Crippen LogP) is 2.25. The molecule has 0 rings (SSSR count). The zero-order valence-electron chi connectivity index (χ0n) is 7.14. The molecule has 0 fully saturated rings. The van der Waals surface area contributed by atoms with Crippen molar-refractivity contribution in [1.82, 2.24) is 0 Å². The van der Waals surface area contributed by atoms with E-state index >= 15 is 0 Å². The lowest BCUT2D eigenvalue weighted by atomic mass is 10.3. The molecular formula is C8H13IO3. The van der Waals surface area contributed by atoms with E-state index in [4.69, 9.17) is 7.80 Å². The number of ether oxygens (including phenoxy) is 1. The first kappa shape index (κ1) is 11.9. The van der Waals surface area contributed by atoms with Crippen LogP contribution in [0.1, 0.15) is 19.8 Å². The first-order valence-corrected chi connectivity index (χ1v) is 4.62. The maximum absolute atomic E-state index is 10.8. The van der Waals surface area contributed by atoms with Gasteiger partial charge in [0, 0.05) is 5.57 Å². The summed E-state index contributed by atoms with van der Waals surface area (Å²) in [4.78, 5) is 10.8. The van der Waals surface area contributed by atoms with E-state index in [1.54, 1.807) is 6.92 Å². The van der Waals surface area contributed by atoms with Crippen molar-refractivity contribution in [1.29, 1.82) is 0 Å². The van der Waals surface area contributed by atoms with Crippen molar-refractivity contribution in [3.63, 3.8) is 0 Å². The van der Waals surface area contributed by atoms with Gasteiger partial charge >= 0.3 is 5.97 Å². The quantitative estimate of drug-likeness (QED) is 0.325. The smallest absolute Gasteiger partial charge is 0.333 e. The topological polar surface area (TPSA) is 35.5 Å². The third kappa shape index (κ3) is 6.60. The molecule has 0 aliphatic carbocycles. The van der Waals surface area contributed by atoms with Crippen molar-refractivity contribution >= 4 is 29.0 Å². The average Bonchev–Trinajstić information content (AvgIpc) is 2.03. The number of carbonyl (C=O) groups is 1. The van der Waals surface area contributed by atoms with E-state index in [-0.39, 0.29) is 5.97 Å². The third-order valence-corrected chi connectivity index (χ3v) is 1.64. The fourth-order valence-electron chi connectivity index (χ4n) is 0.547. The summed E-state index contributed by atoms with van der Waals surface area (Å²) in [6, 6.07) is 0. The van der Waals surface area contributed by atoms with Crippen molar-refractivity contribution in [2.45, 2.75) is 19.8 Å². The maximum atomic E-state index is 10.8. The van der Waals surface area contributed by atoms with Gasteiger partial charge in [-0.2, -0.15) is 0 Å². The lowest BCUT2D eigenvalue weighted by Crippen LogP contribution is -2.06. The molecule has 0 aliphatic heterocycles. The predicted molar refractivity (Wildman–Crippen MR) is 55.0 cm³/mol. The summed E-state index contributed by atoms with van der Waals surface area (Å²) >= 11 is 1.84. The monoisotopic (exact) mass is 284 g/mol. The van der Waals surface area contributed by atoms with Crippen LogP contribution in [0.25, 0.3) is 0 Å². The van der Waals surface area contributed by atoms with Crippen molar-refractivity contribution in [2.24, 2.45) is 0 Å². The van der Waals surface area contributed by atoms with Crippen LogP contribution < -0.4 is 0 Å². The number of hydrogen-bond donors (Lipinski definition) is 0. The molecule has 0 aliphatic rings. The molecule has 70 valence electrons. The molecule has 0 bridgehead atoms. The molecule has 0 radical (unpaired) electrons. The molecule has 0 aromatic carbocycles. The Hall–Kier alpha value is -0.100. The Morgan fingerprint density at radius 3 is 2.50 bits per heavy atom. The van der Waals surface area contributed by atoms with E-state index in [0.717, 1.165) is 12.8 Å². The first-order chi connectivity index (χ1) is 5.68. The Labute approximate surface area is 86.8 Å². The molecule has 0 aromatic rings. The van der Waals surface area contributed by atoms with Crippen LogP contribution in [-0.2, 0) is 12.6 Å². The van der Waals surface area contributed by atoms with Gasteiger partial charge in [-0.1, -0.05) is 6.58 Å². The highest BCUT2D eigenvalue weighted by atomic mass is 127. The van der Waals surface area contributed by atoms with Crippen LogP contribution in [0.3, 0.4) is 0 Å². The van der Waals surface area contributed by atoms with Crippen molar-refractivity contribution in [3.8, 4) is 0 Å². The minimum atomic E-state index is -0.314. The molecule has 12 heavy (non-hydrogen) atoms. The van der Waals surface area contributed by atoms with Crippen LogP contribution in [0.15, 0.2) is 12.2 Å². The van der Waals surface area contributed by atoms with Crippen molar-refractivity contribution < 1.29 is 12.6 Å². The Balaban J connectivity index is 3.20.